The number of hydrogen-bond donors (Lipinski definition) is 0. The highest BCUT2D eigenvalue weighted by atomic mass is 32.4. The Hall–Kier alpha value is -6.52. The molecule has 9 aromatic carbocycles. The van der Waals surface area contributed by atoms with Crippen molar-refractivity contribution < 1.29 is 0 Å². The average Bonchev–Trinajstić information content (AvgIpc) is 4.04. The molecule has 2 atom stereocenters. The van der Waals surface area contributed by atoms with Gasteiger partial charge in [-0.3, -0.25) is 0 Å². The van der Waals surface area contributed by atoms with Gasteiger partial charge >= 0.3 is 0 Å². The molecule has 2 unspecified atom stereocenters. The molecule has 0 saturated carbocycles. The Bertz CT molecular complexity index is 4250. The molecule has 62 heavy (non-hydrogen) atoms. The van der Waals surface area contributed by atoms with Gasteiger partial charge in [0.05, 0.1) is 66.9 Å². The highest BCUT2D eigenvalue weighted by Gasteiger charge is 2.48. The number of nitrogens with zero attached hydrogens (tertiary/aromatic N) is 4. The zero-order valence-corrected chi connectivity index (χ0v) is 36.1. The van der Waals surface area contributed by atoms with Gasteiger partial charge in [-0.15, -0.1) is 0 Å². The number of hydrogen-bond acceptors (Lipinski definition) is 2. The number of fused-ring (bicyclic) bond motifs is 24. The fourth-order valence-electron chi connectivity index (χ4n) is 12.7. The molecule has 0 radical (unpaired) electrons. The SMILES string of the molecule is S=P12c3ccccc3-n3c4ccccc4c4cc5c6ccccc6n(c5c1c43)-c1cc3c(cc12)P1(=S)c2ccccc2-n2c4ccccc4c4cc5c6ccccc6n-3c5c1c42. The number of rotatable bonds is 0. The van der Waals surface area contributed by atoms with Gasteiger partial charge in [-0.05, 0) is 60.7 Å². The number of aromatic nitrogens is 4. The molecule has 13 aromatic rings. The third-order valence-corrected chi connectivity index (χ3v) is 24.7. The first-order valence-electron chi connectivity index (χ1n) is 21.2. The lowest BCUT2D eigenvalue weighted by Gasteiger charge is -2.41. The summed E-state index contributed by atoms with van der Waals surface area (Å²) >= 11 is 15.2. The second kappa shape index (κ2) is 10.2. The third-order valence-electron chi connectivity index (χ3n) is 14.9. The summed E-state index contributed by atoms with van der Waals surface area (Å²) in [6.07, 6.45) is 0. The van der Waals surface area contributed by atoms with Crippen LogP contribution in [0.25, 0.3) is 110 Å². The molecular formula is C54H28N4P2S2. The highest BCUT2D eigenvalue weighted by Crippen LogP contribution is 2.61. The molecule has 4 nitrogen and oxygen atoms in total. The molecule has 17 rings (SSSR count). The molecule has 0 saturated heterocycles. The van der Waals surface area contributed by atoms with Crippen LogP contribution in [0.2, 0.25) is 0 Å². The molecule has 286 valence electrons. The van der Waals surface area contributed by atoms with Gasteiger partial charge < -0.3 is 18.3 Å². The molecule has 4 aliphatic rings. The molecule has 0 amide bonds. The summed E-state index contributed by atoms with van der Waals surface area (Å²) in [5.74, 6) is 0. The molecule has 8 heterocycles. The van der Waals surface area contributed by atoms with Gasteiger partial charge in [0.2, 0.25) is 0 Å². The van der Waals surface area contributed by atoms with Gasteiger partial charge in [0, 0.05) is 87.0 Å². The van der Waals surface area contributed by atoms with E-state index in [1.807, 2.05) is 0 Å². The maximum Gasteiger partial charge on any atom is 0.0653 e. The van der Waals surface area contributed by atoms with E-state index in [-0.39, 0.29) is 0 Å². The molecule has 4 aromatic heterocycles. The minimum absolute atomic E-state index is 1.18. The monoisotopic (exact) mass is 858 g/mol. The normalized spacial score (nSPS) is 18.6. The summed E-state index contributed by atoms with van der Waals surface area (Å²) in [6, 6.07) is 58.4. The summed E-state index contributed by atoms with van der Waals surface area (Å²) < 4.78 is 10.2. The van der Waals surface area contributed by atoms with Gasteiger partial charge in [-0.2, -0.15) is 0 Å². The summed E-state index contributed by atoms with van der Waals surface area (Å²) in [5, 5.41) is 17.7. The highest BCUT2D eigenvalue weighted by molar-refractivity contribution is 8.27. The Morgan fingerprint density at radius 3 is 0.952 bits per heavy atom. The Kier molecular flexibility index (Phi) is 5.31. The van der Waals surface area contributed by atoms with Crippen molar-refractivity contribution in [3.8, 4) is 22.7 Å². The Morgan fingerprint density at radius 2 is 0.581 bits per heavy atom. The summed E-state index contributed by atoms with van der Waals surface area (Å²) in [5.41, 5.74) is 14.6. The van der Waals surface area contributed by atoms with Crippen LogP contribution >= 0.6 is 12.1 Å². The largest absolute Gasteiger partial charge is 0.308 e. The van der Waals surface area contributed by atoms with Crippen molar-refractivity contribution in [2.24, 2.45) is 0 Å². The summed E-state index contributed by atoms with van der Waals surface area (Å²) in [4.78, 5) is 0. The maximum absolute atomic E-state index is 7.61. The number of para-hydroxylation sites is 6. The van der Waals surface area contributed by atoms with Crippen LogP contribution in [0.15, 0.2) is 170 Å². The van der Waals surface area contributed by atoms with Crippen molar-refractivity contribution >= 4 is 155 Å². The third kappa shape index (κ3) is 3.17. The van der Waals surface area contributed by atoms with Crippen LogP contribution in [0.5, 0.6) is 0 Å². The molecule has 4 aliphatic heterocycles. The zero-order chi connectivity index (χ0) is 40.1. The van der Waals surface area contributed by atoms with E-state index in [0.29, 0.717) is 0 Å². The predicted molar refractivity (Wildman–Crippen MR) is 270 cm³/mol. The first-order chi connectivity index (χ1) is 30.6. The smallest absolute Gasteiger partial charge is 0.0653 e. The first kappa shape index (κ1) is 32.2. The van der Waals surface area contributed by atoms with E-state index in [9.17, 15) is 0 Å². The van der Waals surface area contributed by atoms with Crippen LogP contribution < -0.4 is 31.8 Å². The quantitative estimate of drug-likeness (QED) is 0.142. The van der Waals surface area contributed by atoms with E-state index in [4.69, 9.17) is 23.6 Å². The van der Waals surface area contributed by atoms with Crippen molar-refractivity contribution in [2.75, 3.05) is 0 Å². The minimum atomic E-state index is -2.74. The van der Waals surface area contributed by atoms with Crippen molar-refractivity contribution in [3.63, 3.8) is 0 Å². The average molecular weight is 859 g/mol. The zero-order valence-electron chi connectivity index (χ0n) is 32.7. The molecule has 0 bridgehead atoms. The van der Waals surface area contributed by atoms with Crippen LogP contribution in [0, 0.1) is 0 Å². The second-order valence-corrected chi connectivity index (χ2v) is 26.0. The Morgan fingerprint density at radius 1 is 0.274 bits per heavy atom. The van der Waals surface area contributed by atoms with Crippen LogP contribution in [-0.4, -0.2) is 18.3 Å². The lowest BCUT2D eigenvalue weighted by atomic mass is 10.1. The van der Waals surface area contributed by atoms with E-state index in [1.54, 1.807) is 0 Å². The standard InChI is InChI=1S/C54H28N4P2S2/c61-59-45-23-11-9-21-41(45)55-37-17-5-1-13-29(37)33-25-35-31-15-3-7-19-39(31)57(51(35)53(59)49(33)55)43-27-44-48(28-47(43)59)60(62)46-24-12-10-22-42(46)56-38-18-6-2-14-30(38)34-26-36-32-16-4-8-20-40(32)58(44)52(36)54(60)50(34)56/h1-28H. The lowest BCUT2D eigenvalue weighted by Crippen LogP contribution is -2.42. The van der Waals surface area contributed by atoms with Crippen molar-refractivity contribution in [3.05, 3.63) is 170 Å². The number of benzene rings is 9. The van der Waals surface area contributed by atoms with Crippen LogP contribution in [-0.2, 0) is 23.6 Å². The van der Waals surface area contributed by atoms with Crippen LogP contribution in [0.4, 0.5) is 0 Å². The van der Waals surface area contributed by atoms with E-state index in [2.05, 4.69) is 188 Å². The van der Waals surface area contributed by atoms with E-state index in [1.165, 1.54) is 142 Å². The molecule has 0 aliphatic carbocycles. The molecule has 0 N–H and O–H groups in total. The predicted octanol–water partition coefficient (Wildman–Crippen LogP) is 10.8. The van der Waals surface area contributed by atoms with Gasteiger partial charge in [0.25, 0.3) is 0 Å². The van der Waals surface area contributed by atoms with E-state index >= 15 is 0 Å². The van der Waals surface area contributed by atoms with Gasteiger partial charge in [-0.1, -0.05) is 133 Å². The van der Waals surface area contributed by atoms with Gasteiger partial charge in [0.1, 0.15) is 0 Å². The topological polar surface area (TPSA) is 19.7 Å². The molecular weight excluding hydrogens is 831 g/mol. The lowest BCUT2D eigenvalue weighted by molar-refractivity contribution is 1.14. The fraction of sp³-hybridized carbons (Fsp3) is 0. The van der Waals surface area contributed by atoms with Crippen molar-refractivity contribution in [1.29, 1.82) is 0 Å². The van der Waals surface area contributed by atoms with Crippen LogP contribution in [0.3, 0.4) is 0 Å². The van der Waals surface area contributed by atoms with Crippen LogP contribution in [0.1, 0.15) is 0 Å². The first-order valence-corrected chi connectivity index (χ1v) is 26.8. The van der Waals surface area contributed by atoms with Crippen molar-refractivity contribution in [1.82, 2.24) is 18.3 Å². The fourth-order valence-corrected chi connectivity index (χ4v) is 22.4. The molecule has 0 fully saturated rings. The Labute approximate surface area is 363 Å². The summed E-state index contributed by atoms with van der Waals surface area (Å²) in [7, 11) is 0. The minimum Gasteiger partial charge on any atom is -0.308 e. The maximum atomic E-state index is 7.61. The Balaban J connectivity index is 1.15. The van der Waals surface area contributed by atoms with Crippen molar-refractivity contribution in [2.45, 2.75) is 0 Å². The van der Waals surface area contributed by atoms with Gasteiger partial charge in [-0.25, -0.2) is 0 Å². The van der Waals surface area contributed by atoms with E-state index < -0.39 is 12.1 Å². The van der Waals surface area contributed by atoms with Gasteiger partial charge in [0.15, 0.2) is 0 Å². The summed E-state index contributed by atoms with van der Waals surface area (Å²) in [6.45, 7) is 0. The molecule has 0 spiro atoms. The van der Waals surface area contributed by atoms with E-state index in [0.717, 1.165) is 0 Å². The molecule has 8 heteroatoms. The second-order valence-electron chi connectivity index (χ2n) is 17.5.